The Kier molecular flexibility index (Phi) is 8.33. The van der Waals surface area contributed by atoms with Gasteiger partial charge in [-0.05, 0) is 68.9 Å². The Morgan fingerprint density at radius 1 is 1.09 bits per heavy atom. The minimum absolute atomic E-state index is 0. The van der Waals surface area contributed by atoms with Gasteiger partial charge in [0.15, 0.2) is 5.82 Å². The molecular weight excluding hydrogens is 433 g/mol. The number of sulfonamides is 1. The SMILES string of the molecule is CCCCc1nc2c(N)nc(C)c(C)c2n1CCCCc1cc(F)ccc1S(N)(=O)=O.O. The molecule has 0 bridgehead atoms. The zero-order chi connectivity index (χ0) is 22.8. The van der Waals surface area contributed by atoms with Crippen LogP contribution in [-0.4, -0.2) is 28.4 Å². The van der Waals surface area contributed by atoms with Crippen LogP contribution in [0.3, 0.4) is 0 Å². The topological polar surface area (TPSA) is 148 Å². The van der Waals surface area contributed by atoms with Crippen LogP contribution in [0, 0.1) is 19.7 Å². The lowest BCUT2D eigenvalue weighted by Crippen LogP contribution is -2.15. The Morgan fingerprint density at radius 3 is 2.47 bits per heavy atom. The van der Waals surface area contributed by atoms with Crippen LogP contribution in [0.2, 0.25) is 0 Å². The van der Waals surface area contributed by atoms with Crippen LogP contribution in [0.15, 0.2) is 23.1 Å². The van der Waals surface area contributed by atoms with E-state index in [9.17, 15) is 12.8 Å². The molecule has 6 N–H and O–H groups in total. The third-order valence-corrected chi connectivity index (χ3v) is 6.65. The number of halogens is 1. The van der Waals surface area contributed by atoms with Gasteiger partial charge in [0, 0.05) is 18.7 Å². The fourth-order valence-electron chi connectivity index (χ4n) is 3.92. The lowest BCUT2D eigenvalue weighted by atomic mass is 10.1. The van der Waals surface area contributed by atoms with Crippen LogP contribution >= 0.6 is 0 Å². The number of pyridine rings is 1. The van der Waals surface area contributed by atoms with Gasteiger partial charge >= 0.3 is 0 Å². The van der Waals surface area contributed by atoms with Crippen molar-refractivity contribution in [3.63, 3.8) is 0 Å². The molecule has 0 aliphatic heterocycles. The van der Waals surface area contributed by atoms with Crippen LogP contribution in [0.1, 0.15) is 55.3 Å². The second-order valence-corrected chi connectivity index (χ2v) is 9.47. The Labute approximate surface area is 188 Å². The number of hydrogen-bond acceptors (Lipinski definition) is 5. The highest BCUT2D eigenvalue weighted by Crippen LogP contribution is 2.27. The highest BCUT2D eigenvalue weighted by Gasteiger charge is 2.18. The number of fused-ring (bicyclic) bond motifs is 1. The molecule has 3 aromatic rings. The third-order valence-electron chi connectivity index (χ3n) is 5.64. The quantitative estimate of drug-likeness (QED) is 0.466. The van der Waals surface area contributed by atoms with Crippen LogP contribution in [-0.2, 0) is 29.4 Å². The van der Waals surface area contributed by atoms with Crippen molar-refractivity contribution < 1.29 is 18.3 Å². The van der Waals surface area contributed by atoms with E-state index < -0.39 is 15.8 Å². The first-order valence-electron chi connectivity index (χ1n) is 10.6. The molecule has 0 radical (unpaired) electrons. The van der Waals surface area contributed by atoms with Crippen LogP contribution in [0.25, 0.3) is 11.0 Å². The van der Waals surface area contributed by atoms with Crippen molar-refractivity contribution in [1.29, 1.82) is 0 Å². The standard InChI is InChI=1S/C22H30FN5O2S.H2O/c1-4-5-9-19-27-20-21(14(2)15(3)26-22(20)24)28(19)12-7-6-8-16-13-17(23)10-11-18(16)31(25,29)30;/h10-11,13H,4-9,12H2,1-3H3,(H2,24,26)(H2,25,29,30);1H2. The molecule has 176 valence electrons. The fourth-order valence-corrected chi connectivity index (χ4v) is 4.70. The summed E-state index contributed by atoms with van der Waals surface area (Å²) < 4.78 is 39.5. The van der Waals surface area contributed by atoms with Crippen molar-refractivity contribution in [2.24, 2.45) is 5.14 Å². The summed E-state index contributed by atoms with van der Waals surface area (Å²) in [5, 5.41) is 5.28. The number of nitrogen functional groups attached to an aromatic ring is 1. The average molecular weight is 466 g/mol. The first-order valence-corrected chi connectivity index (χ1v) is 12.1. The van der Waals surface area contributed by atoms with Gasteiger partial charge in [0.05, 0.1) is 10.4 Å². The van der Waals surface area contributed by atoms with E-state index in [0.29, 0.717) is 30.8 Å². The molecule has 1 aromatic carbocycles. The van der Waals surface area contributed by atoms with Crippen molar-refractivity contribution >= 4 is 26.9 Å². The number of hydrogen-bond donors (Lipinski definition) is 2. The number of aryl methyl sites for hydroxylation is 5. The zero-order valence-corrected chi connectivity index (χ0v) is 19.6. The number of benzene rings is 1. The normalized spacial score (nSPS) is 11.7. The van der Waals surface area contributed by atoms with Crippen molar-refractivity contribution in [1.82, 2.24) is 14.5 Å². The molecular formula is C22H32FN5O3S. The summed E-state index contributed by atoms with van der Waals surface area (Å²) in [4.78, 5) is 9.17. The molecule has 0 aliphatic carbocycles. The molecule has 2 aromatic heterocycles. The van der Waals surface area contributed by atoms with E-state index in [2.05, 4.69) is 16.5 Å². The highest BCUT2D eigenvalue weighted by molar-refractivity contribution is 7.89. The predicted molar refractivity (Wildman–Crippen MR) is 124 cm³/mol. The first kappa shape index (κ1) is 25.7. The first-order chi connectivity index (χ1) is 14.6. The molecule has 0 fully saturated rings. The molecule has 0 atom stereocenters. The van der Waals surface area contributed by atoms with Crippen molar-refractivity contribution in [3.05, 3.63) is 46.7 Å². The van der Waals surface area contributed by atoms with Crippen LogP contribution in [0.5, 0.6) is 0 Å². The summed E-state index contributed by atoms with van der Waals surface area (Å²) in [6, 6.07) is 3.59. The second-order valence-electron chi connectivity index (χ2n) is 7.94. The molecule has 32 heavy (non-hydrogen) atoms. The Bertz CT molecular complexity index is 1210. The summed E-state index contributed by atoms with van der Waals surface area (Å²) in [6.45, 7) is 6.81. The van der Waals surface area contributed by atoms with Gasteiger partial charge in [-0.1, -0.05) is 13.3 Å². The van der Waals surface area contributed by atoms with E-state index in [4.69, 9.17) is 15.9 Å². The maximum atomic E-state index is 13.7. The number of aromatic nitrogens is 3. The zero-order valence-electron chi connectivity index (χ0n) is 18.8. The number of anilines is 1. The summed E-state index contributed by atoms with van der Waals surface area (Å²) in [5.74, 6) is 0.945. The molecule has 0 saturated heterocycles. The van der Waals surface area contributed by atoms with E-state index >= 15 is 0 Å². The molecule has 10 heteroatoms. The summed E-state index contributed by atoms with van der Waals surface area (Å²) in [7, 11) is -3.89. The molecule has 2 heterocycles. The van der Waals surface area contributed by atoms with E-state index in [-0.39, 0.29) is 10.4 Å². The largest absolute Gasteiger partial charge is 0.412 e. The van der Waals surface area contributed by atoms with Gasteiger partial charge in [-0.15, -0.1) is 0 Å². The van der Waals surface area contributed by atoms with Crippen LogP contribution in [0.4, 0.5) is 10.2 Å². The molecule has 0 saturated carbocycles. The lowest BCUT2D eigenvalue weighted by Gasteiger charge is -2.12. The van der Waals surface area contributed by atoms with Gasteiger partial charge in [-0.3, -0.25) is 0 Å². The van der Waals surface area contributed by atoms with Crippen molar-refractivity contribution in [2.75, 3.05) is 5.73 Å². The summed E-state index contributed by atoms with van der Waals surface area (Å²) in [5.41, 5.74) is 10.2. The minimum atomic E-state index is -3.89. The van der Waals surface area contributed by atoms with E-state index in [0.717, 1.165) is 59.9 Å². The third kappa shape index (κ3) is 5.43. The number of imidazole rings is 1. The average Bonchev–Trinajstić information content (AvgIpc) is 3.06. The summed E-state index contributed by atoms with van der Waals surface area (Å²) >= 11 is 0. The van der Waals surface area contributed by atoms with Gasteiger partial charge in [-0.2, -0.15) is 0 Å². The molecule has 8 nitrogen and oxygen atoms in total. The van der Waals surface area contributed by atoms with Gasteiger partial charge in [-0.25, -0.2) is 27.9 Å². The van der Waals surface area contributed by atoms with E-state index in [1.165, 1.54) is 12.1 Å². The smallest absolute Gasteiger partial charge is 0.238 e. The number of unbranched alkanes of at least 4 members (excludes halogenated alkanes) is 2. The second kappa shape index (κ2) is 10.4. The minimum Gasteiger partial charge on any atom is -0.412 e. The van der Waals surface area contributed by atoms with Crippen LogP contribution < -0.4 is 10.9 Å². The van der Waals surface area contributed by atoms with E-state index in [1.54, 1.807) is 0 Å². The van der Waals surface area contributed by atoms with E-state index in [1.807, 2.05) is 13.8 Å². The Balaban J connectivity index is 0.00000363. The maximum Gasteiger partial charge on any atom is 0.238 e. The fraction of sp³-hybridized carbons (Fsp3) is 0.455. The van der Waals surface area contributed by atoms with Gasteiger partial charge in [0.2, 0.25) is 10.0 Å². The van der Waals surface area contributed by atoms with Gasteiger partial charge in [0.25, 0.3) is 0 Å². The van der Waals surface area contributed by atoms with Crippen molar-refractivity contribution in [2.45, 2.75) is 70.7 Å². The number of primary sulfonamides is 1. The number of nitrogens with zero attached hydrogens (tertiary/aromatic N) is 3. The van der Waals surface area contributed by atoms with Gasteiger partial charge < -0.3 is 15.8 Å². The number of nitrogens with two attached hydrogens (primary N) is 2. The van der Waals surface area contributed by atoms with Gasteiger partial charge in [0.1, 0.15) is 17.2 Å². The number of rotatable bonds is 9. The molecule has 3 rings (SSSR count). The van der Waals surface area contributed by atoms with Crippen molar-refractivity contribution in [3.8, 4) is 0 Å². The molecule has 0 amide bonds. The maximum absolute atomic E-state index is 13.7. The molecule has 0 spiro atoms. The molecule has 0 aliphatic rings. The Morgan fingerprint density at radius 2 is 1.81 bits per heavy atom. The predicted octanol–water partition coefficient (Wildman–Crippen LogP) is 2.96. The molecule has 0 unspecified atom stereocenters. The lowest BCUT2D eigenvalue weighted by molar-refractivity contribution is 0.578. The monoisotopic (exact) mass is 465 g/mol. The Hall–Kier alpha value is -2.56. The summed E-state index contributed by atoms with van der Waals surface area (Å²) in [6.07, 6.45) is 4.80. The highest BCUT2D eigenvalue weighted by atomic mass is 32.2.